The van der Waals surface area contributed by atoms with Crippen molar-refractivity contribution in [3.8, 4) is 0 Å². The van der Waals surface area contributed by atoms with E-state index in [0.717, 1.165) is 5.69 Å². The molecular weight excluding hydrogens is 285 g/mol. The molecule has 1 aromatic heterocycles. The number of anilines is 1. The summed E-state index contributed by atoms with van der Waals surface area (Å²) in [5.74, 6) is 0. The summed E-state index contributed by atoms with van der Waals surface area (Å²) < 4.78 is 0. The van der Waals surface area contributed by atoms with E-state index in [1.54, 1.807) is 23.5 Å². The molecule has 1 heterocycles. The molecule has 0 amide bonds. The van der Waals surface area contributed by atoms with Crippen molar-refractivity contribution in [2.24, 2.45) is 0 Å². The van der Waals surface area contributed by atoms with Crippen LogP contribution >= 0.6 is 46.1 Å². The molecule has 0 unspecified atom stereocenters. The van der Waals surface area contributed by atoms with E-state index in [0.29, 0.717) is 21.6 Å². The number of nitrogens with one attached hydrogen (secondary N) is 1. The Kier molecular flexibility index (Phi) is 3.98. The molecule has 0 saturated carbocycles. The molecule has 16 heavy (non-hydrogen) atoms. The largest absolute Gasteiger partial charge is 0.379 e. The van der Waals surface area contributed by atoms with Gasteiger partial charge in [0.2, 0.25) is 0 Å². The molecule has 0 bridgehead atoms. The summed E-state index contributed by atoms with van der Waals surface area (Å²) in [5.41, 5.74) is 1.92. The van der Waals surface area contributed by atoms with E-state index in [2.05, 4.69) is 16.8 Å². The van der Waals surface area contributed by atoms with E-state index in [4.69, 9.17) is 34.8 Å². The molecule has 1 aromatic carbocycles. The Morgan fingerprint density at radius 2 is 1.81 bits per heavy atom. The molecule has 0 fully saturated rings. The first kappa shape index (κ1) is 12.1. The summed E-state index contributed by atoms with van der Waals surface area (Å²) >= 11 is 19.6. The lowest BCUT2D eigenvalue weighted by atomic mass is 10.3. The van der Waals surface area contributed by atoms with Crippen molar-refractivity contribution in [2.45, 2.75) is 6.54 Å². The van der Waals surface area contributed by atoms with Gasteiger partial charge in [-0.2, -0.15) is 11.3 Å². The van der Waals surface area contributed by atoms with E-state index in [1.807, 2.05) is 5.38 Å². The first-order chi connectivity index (χ1) is 7.66. The Balaban J connectivity index is 2.15. The maximum absolute atomic E-state index is 6.05. The summed E-state index contributed by atoms with van der Waals surface area (Å²) in [7, 11) is 0. The summed E-state index contributed by atoms with van der Waals surface area (Å²) in [4.78, 5) is 0. The number of hydrogen-bond acceptors (Lipinski definition) is 2. The number of hydrogen-bond donors (Lipinski definition) is 1. The lowest BCUT2D eigenvalue weighted by Crippen LogP contribution is -1.99. The van der Waals surface area contributed by atoms with Gasteiger partial charge in [0.1, 0.15) is 0 Å². The van der Waals surface area contributed by atoms with Gasteiger partial charge >= 0.3 is 0 Å². The predicted molar refractivity (Wildman–Crippen MR) is 73.1 cm³/mol. The van der Waals surface area contributed by atoms with Crippen molar-refractivity contribution < 1.29 is 0 Å². The summed E-state index contributed by atoms with van der Waals surface area (Å²) in [6.45, 7) is 0.699. The third-order valence-electron chi connectivity index (χ3n) is 2.06. The fourth-order valence-electron chi connectivity index (χ4n) is 1.29. The quantitative estimate of drug-likeness (QED) is 0.807. The molecule has 0 radical (unpaired) electrons. The Hall–Kier alpha value is -0.410. The van der Waals surface area contributed by atoms with Crippen LogP contribution in [0.5, 0.6) is 0 Å². The molecule has 1 N–H and O–H groups in total. The Morgan fingerprint density at radius 3 is 2.38 bits per heavy atom. The molecule has 0 aliphatic carbocycles. The van der Waals surface area contributed by atoms with E-state index < -0.39 is 0 Å². The Bertz CT molecular complexity index is 459. The molecule has 0 aliphatic heterocycles. The first-order valence-corrected chi connectivity index (χ1v) is 6.64. The number of benzene rings is 1. The normalized spacial score (nSPS) is 10.4. The first-order valence-electron chi connectivity index (χ1n) is 4.56. The highest BCUT2D eigenvalue weighted by Gasteiger charge is 2.07. The second-order valence-corrected chi connectivity index (χ2v) is 5.26. The van der Waals surface area contributed by atoms with E-state index >= 15 is 0 Å². The van der Waals surface area contributed by atoms with Crippen molar-refractivity contribution in [2.75, 3.05) is 5.32 Å². The van der Waals surface area contributed by atoms with Crippen LogP contribution in [0.3, 0.4) is 0 Å². The van der Waals surface area contributed by atoms with Crippen LogP contribution in [0.15, 0.2) is 29.0 Å². The van der Waals surface area contributed by atoms with Crippen molar-refractivity contribution in [1.82, 2.24) is 0 Å². The average molecular weight is 293 g/mol. The minimum atomic E-state index is 0.535. The van der Waals surface area contributed by atoms with Gasteiger partial charge in [-0.1, -0.05) is 34.8 Å². The zero-order valence-corrected chi connectivity index (χ0v) is 11.2. The van der Waals surface area contributed by atoms with Gasteiger partial charge in [0, 0.05) is 11.6 Å². The molecule has 0 saturated heterocycles. The minimum Gasteiger partial charge on any atom is -0.379 e. The lowest BCUT2D eigenvalue weighted by Gasteiger charge is -2.10. The lowest BCUT2D eigenvalue weighted by molar-refractivity contribution is 1.16. The molecule has 2 aromatic rings. The van der Waals surface area contributed by atoms with Gasteiger partial charge in [-0.05, 0) is 34.5 Å². The zero-order chi connectivity index (χ0) is 11.5. The SMILES string of the molecule is Clc1cc(Cl)c(NCc2ccsc2)c(Cl)c1. The fraction of sp³-hybridized carbons (Fsp3) is 0.0909. The maximum Gasteiger partial charge on any atom is 0.0722 e. The van der Waals surface area contributed by atoms with Gasteiger partial charge in [0.15, 0.2) is 0 Å². The number of halogens is 3. The second kappa shape index (κ2) is 5.28. The van der Waals surface area contributed by atoms with Crippen LogP contribution in [0.25, 0.3) is 0 Å². The van der Waals surface area contributed by atoms with Crippen molar-refractivity contribution >= 4 is 51.8 Å². The molecule has 2 rings (SSSR count). The van der Waals surface area contributed by atoms with E-state index in [9.17, 15) is 0 Å². The van der Waals surface area contributed by atoms with Gasteiger partial charge in [-0.25, -0.2) is 0 Å². The van der Waals surface area contributed by atoms with Crippen LogP contribution in [0.4, 0.5) is 5.69 Å². The van der Waals surface area contributed by atoms with Crippen LogP contribution < -0.4 is 5.32 Å². The molecule has 0 spiro atoms. The monoisotopic (exact) mass is 291 g/mol. The highest BCUT2D eigenvalue weighted by molar-refractivity contribution is 7.07. The van der Waals surface area contributed by atoms with Crippen molar-refractivity contribution in [1.29, 1.82) is 0 Å². The van der Waals surface area contributed by atoms with Gasteiger partial charge in [-0.15, -0.1) is 0 Å². The highest BCUT2D eigenvalue weighted by Crippen LogP contribution is 2.33. The van der Waals surface area contributed by atoms with Crippen LogP contribution in [-0.4, -0.2) is 0 Å². The van der Waals surface area contributed by atoms with Crippen molar-refractivity contribution in [3.63, 3.8) is 0 Å². The highest BCUT2D eigenvalue weighted by atomic mass is 35.5. The average Bonchev–Trinajstić information content (AvgIpc) is 2.68. The molecular formula is C11H8Cl3NS. The summed E-state index contributed by atoms with van der Waals surface area (Å²) in [5, 5.41) is 8.91. The topological polar surface area (TPSA) is 12.0 Å². The van der Waals surface area contributed by atoms with Crippen molar-refractivity contribution in [3.05, 3.63) is 49.6 Å². The van der Waals surface area contributed by atoms with Gasteiger partial charge < -0.3 is 5.32 Å². The maximum atomic E-state index is 6.05. The Labute approximate surface area is 113 Å². The standard InChI is InChI=1S/C11H8Cl3NS/c12-8-3-9(13)11(10(14)4-8)15-5-7-1-2-16-6-7/h1-4,6,15H,5H2. The molecule has 1 nitrogen and oxygen atoms in total. The van der Waals surface area contributed by atoms with Crippen LogP contribution in [0.1, 0.15) is 5.56 Å². The predicted octanol–water partition coefficient (Wildman–Crippen LogP) is 5.32. The minimum absolute atomic E-state index is 0.535. The molecule has 0 aliphatic rings. The van der Waals surface area contributed by atoms with Crippen LogP contribution in [0.2, 0.25) is 15.1 Å². The van der Waals surface area contributed by atoms with Crippen LogP contribution in [-0.2, 0) is 6.54 Å². The fourth-order valence-corrected chi connectivity index (χ4v) is 2.91. The molecule has 5 heteroatoms. The zero-order valence-electron chi connectivity index (χ0n) is 8.14. The third-order valence-corrected chi connectivity index (χ3v) is 3.60. The summed E-state index contributed by atoms with van der Waals surface area (Å²) in [6.07, 6.45) is 0. The van der Waals surface area contributed by atoms with E-state index in [1.165, 1.54) is 5.56 Å². The number of thiophene rings is 1. The Morgan fingerprint density at radius 1 is 1.12 bits per heavy atom. The smallest absolute Gasteiger partial charge is 0.0722 e. The number of rotatable bonds is 3. The van der Waals surface area contributed by atoms with Gasteiger partial charge in [-0.3, -0.25) is 0 Å². The summed E-state index contributed by atoms with van der Waals surface area (Å²) in [6, 6.07) is 5.39. The van der Waals surface area contributed by atoms with Crippen LogP contribution in [0, 0.1) is 0 Å². The molecule has 0 atom stereocenters. The molecule has 84 valence electrons. The third kappa shape index (κ3) is 2.83. The van der Waals surface area contributed by atoms with E-state index in [-0.39, 0.29) is 0 Å². The van der Waals surface area contributed by atoms with Gasteiger partial charge in [0.25, 0.3) is 0 Å². The second-order valence-electron chi connectivity index (χ2n) is 3.23. The van der Waals surface area contributed by atoms with Gasteiger partial charge in [0.05, 0.1) is 15.7 Å².